The van der Waals surface area contributed by atoms with Gasteiger partial charge in [0, 0.05) is 10.9 Å². The maximum atomic E-state index is 12.6. The fourth-order valence-electron chi connectivity index (χ4n) is 2.00. The van der Waals surface area contributed by atoms with Crippen LogP contribution in [0.4, 0.5) is 13.2 Å². The monoisotopic (exact) mass is 419 g/mol. The molecule has 0 spiro atoms. The van der Waals surface area contributed by atoms with Crippen molar-refractivity contribution in [2.45, 2.75) is 32.2 Å². The molecule has 1 aromatic heterocycles. The summed E-state index contributed by atoms with van der Waals surface area (Å²) >= 11 is 1.52. The van der Waals surface area contributed by atoms with Crippen molar-refractivity contribution in [3.05, 3.63) is 52.2 Å². The van der Waals surface area contributed by atoms with Gasteiger partial charge in [-0.15, -0.1) is 11.3 Å². The van der Waals surface area contributed by atoms with Gasteiger partial charge in [0.2, 0.25) is 0 Å². The van der Waals surface area contributed by atoms with Gasteiger partial charge in [-0.3, -0.25) is 0 Å². The number of carbonyl (C=O) groups is 2. The zero-order valence-corrected chi connectivity index (χ0v) is 15.8. The maximum absolute atomic E-state index is 12.6. The molecule has 4 N–H and O–H groups in total. The zero-order chi connectivity index (χ0) is 21.5. The highest BCUT2D eigenvalue weighted by Crippen LogP contribution is 2.33. The van der Waals surface area contributed by atoms with E-state index in [1.165, 1.54) is 23.5 Å². The lowest BCUT2D eigenvalue weighted by Gasteiger charge is -2.27. The molecule has 2 unspecified atom stereocenters. The average Bonchev–Trinajstić information content (AvgIpc) is 3.13. The van der Waals surface area contributed by atoms with Crippen molar-refractivity contribution >= 4 is 23.3 Å². The molecule has 1 aromatic carbocycles. The van der Waals surface area contributed by atoms with Crippen LogP contribution in [-0.4, -0.2) is 28.2 Å². The van der Waals surface area contributed by atoms with E-state index in [1.807, 2.05) is 31.4 Å². The van der Waals surface area contributed by atoms with Gasteiger partial charge in [-0.1, -0.05) is 19.9 Å². The van der Waals surface area contributed by atoms with Crippen molar-refractivity contribution in [1.29, 1.82) is 0 Å². The van der Waals surface area contributed by atoms with Crippen LogP contribution in [0.5, 0.6) is 5.75 Å². The summed E-state index contributed by atoms with van der Waals surface area (Å²) in [5.41, 5.74) is 5.51. The third kappa shape index (κ3) is 7.20. The minimum absolute atomic E-state index is 0.182. The Morgan fingerprint density at radius 2 is 1.61 bits per heavy atom. The molecular formula is C18H20F3NO5S. The standard InChI is InChI=1S/C16H18F3NOS.C2H2O4/c1-10(2)14(20)15(13-4-3-9-22-13)21-12-7-5-11(6-8-12)16(17,18)19;3-1(4)2(5)6/h3-10,14-15H,20H2,1-2H3;(H,3,4)(H,5,6). The third-order valence-electron chi connectivity index (χ3n) is 3.57. The van der Waals surface area contributed by atoms with Gasteiger partial charge in [-0.05, 0) is 41.6 Å². The van der Waals surface area contributed by atoms with Crippen molar-refractivity contribution < 1.29 is 37.7 Å². The zero-order valence-electron chi connectivity index (χ0n) is 15.0. The Hall–Kier alpha value is -2.59. The highest BCUT2D eigenvalue weighted by atomic mass is 32.1. The summed E-state index contributed by atoms with van der Waals surface area (Å²) in [5, 5.41) is 16.7. The lowest BCUT2D eigenvalue weighted by molar-refractivity contribution is -0.159. The summed E-state index contributed by atoms with van der Waals surface area (Å²) in [6.45, 7) is 3.97. The number of ether oxygens (including phenoxy) is 1. The Morgan fingerprint density at radius 3 is 1.96 bits per heavy atom. The summed E-state index contributed by atoms with van der Waals surface area (Å²) in [5.74, 6) is -3.09. The van der Waals surface area contributed by atoms with Crippen molar-refractivity contribution in [1.82, 2.24) is 0 Å². The Balaban J connectivity index is 0.000000568. The molecule has 0 saturated heterocycles. The predicted octanol–water partition coefficient (Wildman–Crippen LogP) is 4.03. The molecule has 1 heterocycles. The van der Waals surface area contributed by atoms with Crippen LogP contribution < -0.4 is 10.5 Å². The molecule has 0 bridgehead atoms. The summed E-state index contributed by atoms with van der Waals surface area (Å²) in [6.07, 6.45) is -4.73. The first-order valence-corrected chi connectivity index (χ1v) is 8.90. The summed E-state index contributed by atoms with van der Waals surface area (Å²) < 4.78 is 43.6. The number of carboxylic acid groups (broad SMARTS) is 2. The van der Waals surface area contributed by atoms with Crippen LogP contribution in [0.1, 0.15) is 30.4 Å². The quantitative estimate of drug-likeness (QED) is 0.632. The predicted molar refractivity (Wildman–Crippen MR) is 97.2 cm³/mol. The largest absolute Gasteiger partial charge is 0.483 e. The van der Waals surface area contributed by atoms with E-state index in [0.717, 1.165) is 17.0 Å². The number of benzene rings is 1. The molecule has 28 heavy (non-hydrogen) atoms. The van der Waals surface area contributed by atoms with E-state index in [4.69, 9.17) is 30.3 Å². The highest BCUT2D eigenvalue weighted by molar-refractivity contribution is 7.10. The Morgan fingerprint density at radius 1 is 1.07 bits per heavy atom. The fourth-order valence-corrected chi connectivity index (χ4v) is 2.81. The van der Waals surface area contributed by atoms with Gasteiger partial charge >= 0.3 is 18.1 Å². The molecule has 0 aliphatic heterocycles. The van der Waals surface area contributed by atoms with E-state index in [-0.39, 0.29) is 18.1 Å². The second-order valence-electron chi connectivity index (χ2n) is 6.01. The minimum atomic E-state index is -4.35. The molecule has 0 aliphatic carbocycles. The normalized spacial score (nSPS) is 13.2. The molecule has 0 radical (unpaired) electrons. The number of aliphatic carboxylic acids is 2. The number of carboxylic acids is 2. The van der Waals surface area contributed by atoms with Crippen molar-refractivity contribution in [2.24, 2.45) is 11.7 Å². The van der Waals surface area contributed by atoms with Crippen molar-refractivity contribution in [2.75, 3.05) is 0 Å². The van der Waals surface area contributed by atoms with Crippen LogP contribution in [0.3, 0.4) is 0 Å². The molecule has 0 amide bonds. The SMILES string of the molecule is CC(C)C(N)C(Oc1ccc(C(F)(F)F)cc1)c1cccs1.O=C(O)C(=O)O. The third-order valence-corrected chi connectivity index (χ3v) is 4.50. The average molecular weight is 419 g/mol. The van der Waals surface area contributed by atoms with Gasteiger partial charge in [0.1, 0.15) is 11.9 Å². The molecule has 6 nitrogen and oxygen atoms in total. The van der Waals surface area contributed by atoms with E-state index in [9.17, 15) is 13.2 Å². The Bertz CT molecular complexity index is 749. The molecule has 0 fully saturated rings. The first kappa shape index (κ1) is 23.4. The number of alkyl halides is 3. The van der Waals surface area contributed by atoms with Gasteiger partial charge in [0.25, 0.3) is 0 Å². The summed E-state index contributed by atoms with van der Waals surface area (Å²) in [4.78, 5) is 19.2. The fraction of sp³-hybridized carbons (Fsp3) is 0.333. The van der Waals surface area contributed by atoms with Crippen molar-refractivity contribution in [3.63, 3.8) is 0 Å². The number of hydrogen-bond donors (Lipinski definition) is 3. The molecule has 2 rings (SSSR count). The van der Waals surface area contributed by atoms with E-state index in [2.05, 4.69) is 0 Å². The number of halogens is 3. The van der Waals surface area contributed by atoms with Crippen LogP contribution in [-0.2, 0) is 15.8 Å². The minimum Gasteiger partial charge on any atom is -0.483 e. The van der Waals surface area contributed by atoms with Crippen molar-refractivity contribution in [3.8, 4) is 5.75 Å². The van der Waals surface area contributed by atoms with Gasteiger partial charge in [0.15, 0.2) is 0 Å². The van der Waals surface area contributed by atoms with Gasteiger partial charge in [0.05, 0.1) is 5.56 Å². The van der Waals surface area contributed by atoms with Crippen LogP contribution in [0.25, 0.3) is 0 Å². The van der Waals surface area contributed by atoms with Crippen LogP contribution in [0.2, 0.25) is 0 Å². The van der Waals surface area contributed by atoms with Gasteiger partial charge < -0.3 is 20.7 Å². The molecule has 0 aliphatic rings. The second kappa shape index (κ2) is 10.1. The first-order valence-electron chi connectivity index (χ1n) is 8.02. The van der Waals surface area contributed by atoms with E-state index in [1.54, 1.807) is 0 Å². The molecule has 2 aromatic rings. The summed E-state index contributed by atoms with van der Waals surface area (Å²) in [7, 11) is 0. The van der Waals surface area contributed by atoms with Crippen LogP contribution in [0.15, 0.2) is 41.8 Å². The van der Waals surface area contributed by atoms with Crippen LogP contribution in [0, 0.1) is 5.92 Å². The number of thiophene rings is 1. The first-order chi connectivity index (χ1) is 12.9. The molecule has 10 heteroatoms. The lowest BCUT2D eigenvalue weighted by Crippen LogP contribution is -2.36. The second-order valence-corrected chi connectivity index (χ2v) is 6.99. The van der Waals surface area contributed by atoms with Gasteiger partial charge in [-0.2, -0.15) is 13.2 Å². The Labute approximate surface area is 163 Å². The topological polar surface area (TPSA) is 110 Å². The number of hydrogen-bond acceptors (Lipinski definition) is 5. The smallest absolute Gasteiger partial charge is 0.416 e. The number of rotatable bonds is 5. The van der Waals surface area contributed by atoms with Gasteiger partial charge in [-0.25, -0.2) is 9.59 Å². The van der Waals surface area contributed by atoms with E-state index >= 15 is 0 Å². The highest BCUT2D eigenvalue weighted by Gasteiger charge is 2.30. The van der Waals surface area contributed by atoms with E-state index < -0.39 is 23.7 Å². The molecule has 2 atom stereocenters. The molecule has 0 saturated carbocycles. The Kier molecular flexibility index (Phi) is 8.45. The number of nitrogens with two attached hydrogens (primary N) is 1. The van der Waals surface area contributed by atoms with Crippen LogP contribution >= 0.6 is 11.3 Å². The van der Waals surface area contributed by atoms with E-state index in [0.29, 0.717) is 5.75 Å². The maximum Gasteiger partial charge on any atom is 0.416 e. The lowest BCUT2D eigenvalue weighted by atomic mass is 9.98. The molecular weight excluding hydrogens is 399 g/mol. The molecule has 154 valence electrons. The summed E-state index contributed by atoms with van der Waals surface area (Å²) in [6, 6.07) is 8.26.